The number of allylic oxidation sites excluding steroid dienone is 2. The zero-order valence-corrected chi connectivity index (χ0v) is 10.4. The Kier molecular flexibility index (Phi) is 3.46. The van der Waals surface area contributed by atoms with Crippen molar-refractivity contribution in [1.29, 1.82) is 0 Å². The van der Waals surface area contributed by atoms with E-state index in [1.54, 1.807) is 12.2 Å². The number of rotatable bonds is 3. The van der Waals surface area contributed by atoms with Crippen molar-refractivity contribution in [2.24, 2.45) is 5.73 Å². The molecule has 2 atom stereocenters. The average molecular weight is 275 g/mol. The van der Waals surface area contributed by atoms with Gasteiger partial charge in [-0.2, -0.15) is 0 Å². The second-order valence-electron chi connectivity index (χ2n) is 3.67. The number of alkyl halides is 1. The molecule has 0 saturated carbocycles. The van der Waals surface area contributed by atoms with Crippen LogP contribution in [0.25, 0.3) is 0 Å². The molecule has 1 amide bonds. The van der Waals surface area contributed by atoms with Crippen LogP contribution in [0.1, 0.15) is 0 Å². The first-order valence-electron chi connectivity index (χ1n) is 4.97. The minimum Gasteiger partial charge on any atom is -0.477 e. The van der Waals surface area contributed by atoms with Gasteiger partial charge in [0.25, 0.3) is 0 Å². The summed E-state index contributed by atoms with van der Waals surface area (Å²) in [7, 11) is 0. The van der Waals surface area contributed by atoms with Crippen LogP contribution in [-0.2, 0) is 9.59 Å². The van der Waals surface area contributed by atoms with Crippen LogP contribution in [0.15, 0.2) is 23.4 Å². The van der Waals surface area contributed by atoms with Gasteiger partial charge in [0.15, 0.2) is 0 Å². The number of halogens is 1. The number of β-lactam (4-membered cyclic amide) rings is 1. The number of carboxylic acid groups (broad SMARTS) is 1. The summed E-state index contributed by atoms with van der Waals surface area (Å²) in [4.78, 5) is 24.0. The number of carbonyl (C=O) groups is 2. The van der Waals surface area contributed by atoms with Crippen molar-refractivity contribution in [3.63, 3.8) is 0 Å². The summed E-state index contributed by atoms with van der Waals surface area (Å²) >= 11 is 6.98. The number of carbonyl (C=O) groups excluding carboxylic acids is 1. The van der Waals surface area contributed by atoms with E-state index in [1.807, 2.05) is 0 Å². The summed E-state index contributed by atoms with van der Waals surface area (Å²) < 4.78 is 0. The number of nitrogens with two attached hydrogens (primary N) is 1. The Morgan fingerprint density at radius 1 is 1.71 bits per heavy atom. The van der Waals surface area contributed by atoms with Gasteiger partial charge < -0.3 is 10.8 Å². The molecule has 0 bridgehead atoms. The minimum absolute atomic E-state index is 0.0295. The summed E-state index contributed by atoms with van der Waals surface area (Å²) in [6.07, 6.45) is 3.31. The molecule has 17 heavy (non-hydrogen) atoms. The quantitative estimate of drug-likeness (QED) is 0.574. The Balaban J connectivity index is 2.36. The van der Waals surface area contributed by atoms with E-state index in [0.29, 0.717) is 17.2 Å². The molecule has 5 nitrogen and oxygen atoms in total. The van der Waals surface area contributed by atoms with Crippen LogP contribution in [-0.4, -0.2) is 44.9 Å². The molecule has 1 saturated heterocycles. The lowest BCUT2D eigenvalue weighted by atomic mass is 10.0. The van der Waals surface area contributed by atoms with E-state index in [-0.39, 0.29) is 17.0 Å². The zero-order chi connectivity index (χ0) is 12.6. The van der Waals surface area contributed by atoms with Crippen molar-refractivity contribution in [2.45, 2.75) is 11.4 Å². The monoisotopic (exact) mass is 274 g/mol. The molecule has 2 aliphatic heterocycles. The Hall–Kier alpha value is -0.980. The van der Waals surface area contributed by atoms with Crippen molar-refractivity contribution in [1.82, 2.24) is 4.90 Å². The largest absolute Gasteiger partial charge is 0.477 e. The van der Waals surface area contributed by atoms with Crippen LogP contribution >= 0.6 is 23.4 Å². The number of fused-ring (bicyclic) bond motifs is 1. The number of amides is 1. The minimum atomic E-state index is -1.11. The molecule has 0 radical (unpaired) electrons. The lowest BCUT2D eigenvalue weighted by molar-refractivity contribution is -0.147. The van der Waals surface area contributed by atoms with E-state index in [4.69, 9.17) is 22.4 Å². The van der Waals surface area contributed by atoms with E-state index in [2.05, 4.69) is 0 Å². The highest BCUT2D eigenvalue weighted by molar-refractivity contribution is 8.00. The summed E-state index contributed by atoms with van der Waals surface area (Å²) in [5, 5.41) is 8.92. The molecule has 0 aromatic heterocycles. The zero-order valence-electron chi connectivity index (χ0n) is 8.80. The van der Waals surface area contributed by atoms with Crippen molar-refractivity contribution in [3.8, 4) is 0 Å². The molecular weight excluding hydrogens is 264 g/mol. The van der Waals surface area contributed by atoms with E-state index in [0.717, 1.165) is 0 Å². The predicted octanol–water partition coefficient (Wildman–Crippen LogP) is 0.362. The van der Waals surface area contributed by atoms with Crippen molar-refractivity contribution in [3.05, 3.63) is 23.4 Å². The van der Waals surface area contributed by atoms with Crippen LogP contribution in [0.5, 0.6) is 0 Å². The molecule has 3 N–H and O–H groups in total. The van der Waals surface area contributed by atoms with Gasteiger partial charge in [-0.3, -0.25) is 9.69 Å². The lowest BCUT2D eigenvalue weighted by Gasteiger charge is -2.47. The third-order valence-corrected chi connectivity index (χ3v) is 4.15. The molecule has 0 aliphatic carbocycles. The van der Waals surface area contributed by atoms with Crippen LogP contribution in [0.4, 0.5) is 0 Å². The lowest BCUT2D eigenvalue weighted by Crippen LogP contribution is -2.68. The van der Waals surface area contributed by atoms with Gasteiger partial charge >= 0.3 is 5.97 Å². The maximum atomic E-state index is 11.6. The predicted molar refractivity (Wildman–Crippen MR) is 65.6 cm³/mol. The van der Waals surface area contributed by atoms with Gasteiger partial charge in [0, 0.05) is 11.6 Å². The number of hydrogen-bond acceptors (Lipinski definition) is 4. The second kappa shape index (κ2) is 4.72. The average Bonchev–Trinajstić information content (AvgIpc) is 2.33. The fourth-order valence-corrected chi connectivity index (χ4v) is 3.21. The van der Waals surface area contributed by atoms with Crippen LogP contribution in [0.3, 0.4) is 0 Å². The van der Waals surface area contributed by atoms with E-state index >= 15 is 0 Å². The first-order valence-corrected chi connectivity index (χ1v) is 6.55. The first-order chi connectivity index (χ1) is 8.07. The van der Waals surface area contributed by atoms with Gasteiger partial charge in [-0.15, -0.1) is 23.4 Å². The summed E-state index contributed by atoms with van der Waals surface area (Å²) in [6.45, 7) is 0. The number of thioether (sulfide) groups is 1. The first kappa shape index (κ1) is 12.5. The normalized spacial score (nSPS) is 28.4. The maximum absolute atomic E-state index is 11.6. The van der Waals surface area contributed by atoms with Gasteiger partial charge in [0.2, 0.25) is 5.91 Å². The summed E-state index contributed by atoms with van der Waals surface area (Å²) in [6, 6.07) is -0.590. The smallest absolute Gasteiger partial charge is 0.352 e. The van der Waals surface area contributed by atoms with Crippen LogP contribution in [0.2, 0.25) is 0 Å². The van der Waals surface area contributed by atoms with Crippen LogP contribution in [0, 0.1) is 0 Å². The number of carboxylic acids is 1. The Labute approximate surface area is 107 Å². The molecule has 1 fully saturated rings. The van der Waals surface area contributed by atoms with Gasteiger partial charge in [0.05, 0.1) is 0 Å². The van der Waals surface area contributed by atoms with Crippen molar-refractivity contribution < 1.29 is 14.7 Å². The second-order valence-corrected chi connectivity index (χ2v) is 5.08. The fourth-order valence-electron chi connectivity index (χ4n) is 1.85. The number of aliphatic carboxylic acids is 1. The fraction of sp³-hybridized carbons (Fsp3) is 0.400. The molecule has 0 aromatic carbocycles. The molecule has 0 aromatic rings. The topological polar surface area (TPSA) is 83.6 Å². The Bertz CT molecular complexity index is 435. The highest BCUT2D eigenvalue weighted by atomic mass is 35.5. The maximum Gasteiger partial charge on any atom is 0.352 e. The molecule has 2 rings (SSSR count). The standard InChI is InChI=1S/C10H11ClN2O3S/c11-3-1-2-5-4-17-9-6(12)8(14)13(9)7(5)10(15)16/h1-2,6,9H,3-4,12H2,(H,15,16)/b2-1+. The molecule has 2 unspecified atom stereocenters. The van der Waals surface area contributed by atoms with Crippen molar-refractivity contribution in [2.75, 3.05) is 11.6 Å². The van der Waals surface area contributed by atoms with Gasteiger partial charge in [-0.25, -0.2) is 4.79 Å². The van der Waals surface area contributed by atoms with Crippen molar-refractivity contribution >= 4 is 35.2 Å². The van der Waals surface area contributed by atoms with Gasteiger partial charge in [0.1, 0.15) is 17.1 Å². The molecular formula is C10H11ClN2O3S. The number of nitrogens with zero attached hydrogens (tertiary/aromatic N) is 1. The molecule has 92 valence electrons. The molecule has 2 heterocycles. The summed E-state index contributed by atoms with van der Waals surface area (Å²) in [5.74, 6) is -0.615. The SMILES string of the molecule is NC1C(=O)N2C(C(=O)O)=C(/C=C/CCl)CSC12. The number of hydrogen-bond donors (Lipinski definition) is 2. The Morgan fingerprint density at radius 3 is 3.00 bits per heavy atom. The highest BCUT2D eigenvalue weighted by Gasteiger charge is 2.51. The van der Waals surface area contributed by atoms with Crippen LogP contribution < -0.4 is 5.73 Å². The van der Waals surface area contributed by atoms with Gasteiger partial charge in [-0.1, -0.05) is 12.2 Å². The summed E-state index contributed by atoms with van der Waals surface area (Å²) in [5.41, 5.74) is 6.24. The molecule has 2 aliphatic rings. The van der Waals surface area contributed by atoms with E-state index in [1.165, 1.54) is 16.7 Å². The molecule has 7 heteroatoms. The highest BCUT2D eigenvalue weighted by Crippen LogP contribution is 2.39. The Morgan fingerprint density at radius 2 is 2.41 bits per heavy atom. The van der Waals surface area contributed by atoms with E-state index in [9.17, 15) is 9.59 Å². The van der Waals surface area contributed by atoms with E-state index < -0.39 is 12.0 Å². The third-order valence-electron chi connectivity index (χ3n) is 2.65. The third kappa shape index (κ3) is 1.96. The van der Waals surface area contributed by atoms with Gasteiger partial charge in [-0.05, 0) is 5.57 Å². The molecule has 0 spiro atoms.